The highest BCUT2D eigenvalue weighted by molar-refractivity contribution is 9.10. The van der Waals surface area contributed by atoms with Gasteiger partial charge in [-0.2, -0.15) is 0 Å². The Balaban J connectivity index is 1.97. The number of rotatable bonds is 6. The van der Waals surface area contributed by atoms with Gasteiger partial charge in [0.05, 0.1) is 0 Å². The summed E-state index contributed by atoms with van der Waals surface area (Å²) in [6.07, 6.45) is 6.78. The molecular formula is C14H21BrN2O. The minimum Gasteiger partial charge on any atom is -0.348 e. The van der Waals surface area contributed by atoms with E-state index in [1.165, 1.54) is 12.8 Å². The topological polar surface area (TPSA) is 34.0 Å². The predicted octanol–water partition coefficient (Wildman–Crippen LogP) is 3.58. The van der Waals surface area contributed by atoms with Crippen molar-refractivity contribution in [3.8, 4) is 0 Å². The van der Waals surface area contributed by atoms with E-state index < -0.39 is 0 Å². The second-order valence-electron chi connectivity index (χ2n) is 5.29. The van der Waals surface area contributed by atoms with E-state index in [1.807, 2.05) is 16.8 Å². The minimum atomic E-state index is 0.0438. The van der Waals surface area contributed by atoms with Gasteiger partial charge in [-0.25, -0.2) is 0 Å². The van der Waals surface area contributed by atoms with Crippen molar-refractivity contribution in [2.24, 2.45) is 5.92 Å². The Kier molecular flexibility index (Phi) is 4.49. The van der Waals surface area contributed by atoms with Crippen LogP contribution in [0.1, 0.15) is 50.0 Å². The van der Waals surface area contributed by atoms with Gasteiger partial charge < -0.3 is 9.88 Å². The molecule has 18 heavy (non-hydrogen) atoms. The maximum absolute atomic E-state index is 12.2. The van der Waals surface area contributed by atoms with E-state index in [2.05, 4.69) is 35.1 Å². The Labute approximate surface area is 117 Å². The highest BCUT2D eigenvalue weighted by Crippen LogP contribution is 2.33. The van der Waals surface area contributed by atoms with E-state index in [4.69, 9.17) is 0 Å². The molecule has 1 amide bonds. The standard InChI is InChI=1S/C14H21BrN2O/c1-3-6-17-9-12(15)8-13(17)14(18)16-10(2)7-11-4-5-11/h8-11H,3-7H2,1-2H3,(H,16,18). The summed E-state index contributed by atoms with van der Waals surface area (Å²) in [6, 6.07) is 2.17. The second kappa shape index (κ2) is 5.91. The highest BCUT2D eigenvalue weighted by atomic mass is 79.9. The fourth-order valence-corrected chi connectivity index (χ4v) is 2.77. The number of hydrogen-bond acceptors (Lipinski definition) is 1. The number of nitrogens with one attached hydrogen (secondary N) is 1. The maximum Gasteiger partial charge on any atom is 0.268 e. The van der Waals surface area contributed by atoms with Gasteiger partial charge in [-0.1, -0.05) is 19.8 Å². The van der Waals surface area contributed by atoms with Crippen LogP contribution in [0.15, 0.2) is 16.7 Å². The van der Waals surface area contributed by atoms with Crippen LogP contribution in [-0.4, -0.2) is 16.5 Å². The first-order valence-electron chi connectivity index (χ1n) is 6.76. The summed E-state index contributed by atoms with van der Waals surface area (Å²) in [5.74, 6) is 0.886. The average Bonchev–Trinajstić information content (AvgIpc) is 3.01. The Morgan fingerprint density at radius 3 is 2.94 bits per heavy atom. The third-order valence-electron chi connectivity index (χ3n) is 3.32. The molecule has 4 heteroatoms. The molecule has 0 saturated heterocycles. The molecule has 0 bridgehead atoms. The largest absolute Gasteiger partial charge is 0.348 e. The number of carbonyl (C=O) groups is 1. The van der Waals surface area contributed by atoms with Crippen LogP contribution in [0.2, 0.25) is 0 Å². The molecule has 0 aliphatic heterocycles. The van der Waals surface area contributed by atoms with Crippen LogP contribution in [0.5, 0.6) is 0 Å². The lowest BCUT2D eigenvalue weighted by Gasteiger charge is -2.14. The smallest absolute Gasteiger partial charge is 0.268 e. The number of amides is 1. The molecule has 3 nitrogen and oxygen atoms in total. The van der Waals surface area contributed by atoms with Crippen molar-refractivity contribution >= 4 is 21.8 Å². The van der Waals surface area contributed by atoms with E-state index in [9.17, 15) is 4.79 Å². The molecule has 0 radical (unpaired) electrons. The highest BCUT2D eigenvalue weighted by Gasteiger charge is 2.24. The Morgan fingerprint density at radius 1 is 1.61 bits per heavy atom. The molecule has 1 N–H and O–H groups in total. The van der Waals surface area contributed by atoms with E-state index in [1.54, 1.807) is 0 Å². The van der Waals surface area contributed by atoms with Gasteiger partial charge in [-0.05, 0) is 47.7 Å². The van der Waals surface area contributed by atoms with Crippen molar-refractivity contribution in [2.45, 2.75) is 52.1 Å². The quantitative estimate of drug-likeness (QED) is 0.856. The van der Waals surface area contributed by atoms with Crippen molar-refractivity contribution in [1.29, 1.82) is 0 Å². The Bertz CT molecular complexity index is 423. The predicted molar refractivity (Wildman–Crippen MR) is 76.7 cm³/mol. The first kappa shape index (κ1) is 13.7. The molecule has 0 aromatic carbocycles. The van der Waals surface area contributed by atoms with Crippen LogP contribution in [0.25, 0.3) is 0 Å². The van der Waals surface area contributed by atoms with E-state index >= 15 is 0 Å². The molecule has 2 rings (SSSR count). The van der Waals surface area contributed by atoms with Crippen LogP contribution >= 0.6 is 15.9 Å². The molecule has 1 saturated carbocycles. The molecule has 1 aromatic rings. The fourth-order valence-electron chi connectivity index (χ4n) is 2.30. The van der Waals surface area contributed by atoms with Gasteiger partial charge in [-0.3, -0.25) is 4.79 Å². The van der Waals surface area contributed by atoms with Crippen molar-refractivity contribution in [2.75, 3.05) is 0 Å². The van der Waals surface area contributed by atoms with Gasteiger partial charge in [0.25, 0.3) is 5.91 Å². The van der Waals surface area contributed by atoms with Crippen LogP contribution in [0.4, 0.5) is 0 Å². The number of nitrogens with zero attached hydrogens (tertiary/aromatic N) is 1. The van der Waals surface area contributed by atoms with Crippen molar-refractivity contribution in [1.82, 2.24) is 9.88 Å². The summed E-state index contributed by atoms with van der Waals surface area (Å²) in [5, 5.41) is 3.10. The number of carbonyl (C=O) groups excluding carboxylic acids is 1. The first-order valence-corrected chi connectivity index (χ1v) is 7.56. The monoisotopic (exact) mass is 312 g/mol. The SMILES string of the molecule is CCCn1cc(Br)cc1C(=O)NC(C)CC1CC1. The molecule has 1 aromatic heterocycles. The fraction of sp³-hybridized carbons (Fsp3) is 0.643. The third-order valence-corrected chi connectivity index (χ3v) is 3.76. The van der Waals surface area contributed by atoms with E-state index in [0.29, 0.717) is 0 Å². The zero-order chi connectivity index (χ0) is 13.1. The normalized spacial score (nSPS) is 16.6. The zero-order valence-electron chi connectivity index (χ0n) is 11.1. The third kappa shape index (κ3) is 3.61. The average molecular weight is 313 g/mol. The Hall–Kier alpha value is -0.770. The van der Waals surface area contributed by atoms with Crippen molar-refractivity contribution in [3.63, 3.8) is 0 Å². The van der Waals surface area contributed by atoms with E-state index in [0.717, 1.165) is 35.5 Å². The van der Waals surface area contributed by atoms with Gasteiger partial charge in [0.2, 0.25) is 0 Å². The molecule has 1 aliphatic rings. The summed E-state index contributed by atoms with van der Waals surface area (Å²) in [5.41, 5.74) is 0.756. The summed E-state index contributed by atoms with van der Waals surface area (Å²) in [4.78, 5) is 12.2. The van der Waals surface area contributed by atoms with Crippen LogP contribution in [0, 0.1) is 5.92 Å². The van der Waals surface area contributed by atoms with Crippen LogP contribution < -0.4 is 5.32 Å². The Morgan fingerprint density at radius 2 is 2.33 bits per heavy atom. The summed E-state index contributed by atoms with van der Waals surface area (Å²) in [6.45, 7) is 5.09. The molecule has 1 aliphatic carbocycles. The lowest BCUT2D eigenvalue weighted by molar-refractivity contribution is 0.0928. The molecule has 100 valence electrons. The lowest BCUT2D eigenvalue weighted by atomic mass is 10.1. The van der Waals surface area contributed by atoms with Gasteiger partial charge >= 0.3 is 0 Å². The minimum absolute atomic E-state index is 0.0438. The number of hydrogen-bond donors (Lipinski definition) is 1. The number of aryl methyl sites for hydroxylation is 1. The molecule has 1 unspecified atom stereocenters. The summed E-state index contributed by atoms with van der Waals surface area (Å²) < 4.78 is 2.99. The van der Waals surface area contributed by atoms with Crippen molar-refractivity contribution < 1.29 is 4.79 Å². The maximum atomic E-state index is 12.2. The van der Waals surface area contributed by atoms with Gasteiger partial charge in [-0.15, -0.1) is 0 Å². The summed E-state index contributed by atoms with van der Waals surface area (Å²) >= 11 is 3.44. The molecule has 1 heterocycles. The van der Waals surface area contributed by atoms with Crippen LogP contribution in [0.3, 0.4) is 0 Å². The molecular weight excluding hydrogens is 292 g/mol. The van der Waals surface area contributed by atoms with Crippen molar-refractivity contribution in [3.05, 3.63) is 22.4 Å². The lowest BCUT2D eigenvalue weighted by Crippen LogP contribution is -2.34. The zero-order valence-corrected chi connectivity index (χ0v) is 12.7. The second-order valence-corrected chi connectivity index (χ2v) is 6.21. The van der Waals surface area contributed by atoms with Gasteiger partial charge in [0.15, 0.2) is 0 Å². The summed E-state index contributed by atoms with van der Waals surface area (Å²) in [7, 11) is 0. The first-order chi connectivity index (χ1) is 8.60. The van der Waals surface area contributed by atoms with Gasteiger partial charge in [0.1, 0.15) is 5.69 Å². The molecule has 1 fully saturated rings. The number of halogens is 1. The van der Waals surface area contributed by atoms with Crippen LogP contribution in [-0.2, 0) is 6.54 Å². The van der Waals surface area contributed by atoms with Gasteiger partial charge in [0, 0.05) is 23.3 Å². The molecule has 1 atom stereocenters. The number of aromatic nitrogens is 1. The molecule has 0 spiro atoms. The van der Waals surface area contributed by atoms with E-state index in [-0.39, 0.29) is 11.9 Å².